The molecule has 23 heavy (non-hydrogen) atoms. The summed E-state index contributed by atoms with van der Waals surface area (Å²) in [4.78, 5) is 12.0. The molecule has 1 aromatic heterocycles. The summed E-state index contributed by atoms with van der Waals surface area (Å²) >= 11 is 6.00. The maximum absolute atomic E-state index is 12.0. The molecule has 1 heterocycles. The summed E-state index contributed by atoms with van der Waals surface area (Å²) in [6.45, 7) is 0.821. The van der Waals surface area contributed by atoms with Gasteiger partial charge in [0.1, 0.15) is 0 Å². The van der Waals surface area contributed by atoms with E-state index in [2.05, 4.69) is 16.0 Å². The number of halogens is 1. The summed E-state index contributed by atoms with van der Waals surface area (Å²) in [5.41, 5.74) is 1.15. The van der Waals surface area contributed by atoms with Gasteiger partial charge in [0.05, 0.1) is 6.10 Å². The highest BCUT2D eigenvalue weighted by Crippen LogP contribution is 2.21. The van der Waals surface area contributed by atoms with Gasteiger partial charge >= 0.3 is 0 Å². The van der Waals surface area contributed by atoms with Gasteiger partial charge < -0.3 is 15.0 Å². The number of nitrogens with one attached hydrogen (secondary N) is 1. The fourth-order valence-electron chi connectivity index (χ4n) is 3.30. The molecule has 0 atom stereocenters. The van der Waals surface area contributed by atoms with Gasteiger partial charge in [-0.2, -0.15) is 0 Å². The van der Waals surface area contributed by atoms with Gasteiger partial charge in [-0.25, -0.2) is 0 Å². The van der Waals surface area contributed by atoms with Crippen molar-refractivity contribution in [1.82, 2.24) is 9.88 Å². The molecule has 124 valence electrons. The first-order valence-electron chi connectivity index (χ1n) is 8.33. The van der Waals surface area contributed by atoms with Gasteiger partial charge in [0.25, 0.3) is 0 Å². The van der Waals surface area contributed by atoms with Crippen LogP contribution < -0.4 is 5.32 Å². The molecule has 2 N–H and O–H groups in total. The van der Waals surface area contributed by atoms with Crippen LogP contribution in [0.4, 0.5) is 0 Å². The van der Waals surface area contributed by atoms with E-state index < -0.39 is 0 Å². The van der Waals surface area contributed by atoms with Gasteiger partial charge in [0.2, 0.25) is 5.91 Å². The average molecular weight is 335 g/mol. The Labute approximate surface area is 141 Å². The van der Waals surface area contributed by atoms with Gasteiger partial charge in [0.15, 0.2) is 0 Å². The van der Waals surface area contributed by atoms with E-state index in [9.17, 15) is 9.90 Å². The molecule has 1 amide bonds. The zero-order valence-electron chi connectivity index (χ0n) is 13.2. The number of aryl methyl sites for hydroxylation is 1. The van der Waals surface area contributed by atoms with Crippen LogP contribution in [0.1, 0.15) is 38.5 Å². The first kappa shape index (κ1) is 16.3. The Kier molecular flexibility index (Phi) is 5.23. The molecule has 1 saturated carbocycles. The molecule has 0 spiro atoms. The van der Waals surface area contributed by atoms with Crippen LogP contribution in [-0.4, -0.2) is 27.7 Å². The quantitative estimate of drug-likeness (QED) is 0.879. The van der Waals surface area contributed by atoms with Crippen molar-refractivity contribution in [3.8, 4) is 0 Å². The zero-order chi connectivity index (χ0) is 16.2. The summed E-state index contributed by atoms with van der Waals surface area (Å²) < 4.78 is 2.16. The molecule has 1 aliphatic carbocycles. The van der Waals surface area contributed by atoms with Crippen LogP contribution in [0.2, 0.25) is 5.02 Å². The average Bonchev–Trinajstić information content (AvgIpc) is 2.92. The number of aliphatic hydroxyl groups is 1. The Balaban J connectivity index is 1.46. The lowest BCUT2D eigenvalue weighted by Crippen LogP contribution is -2.38. The predicted molar refractivity (Wildman–Crippen MR) is 92.6 cm³/mol. The van der Waals surface area contributed by atoms with Crippen LogP contribution >= 0.6 is 11.6 Å². The highest BCUT2D eigenvalue weighted by molar-refractivity contribution is 6.31. The normalized spacial score (nSPS) is 21.5. The van der Waals surface area contributed by atoms with Crippen molar-refractivity contribution in [2.75, 3.05) is 0 Å². The first-order valence-corrected chi connectivity index (χ1v) is 8.71. The summed E-state index contributed by atoms with van der Waals surface area (Å²) in [5.74, 6) is 0.117. The fraction of sp³-hybridized carbons (Fsp3) is 0.500. The Morgan fingerprint density at radius 1 is 1.26 bits per heavy atom. The Bertz CT molecular complexity index is 675. The molecule has 1 aromatic carbocycles. The minimum atomic E-state index is -0.182. The van der Waals surface area contributed by atoms with Crippen LogP contribution in [-0.2, 0) is 11.3 Å². The number of carbonyl (C=O) groups is 1. The van der Waals surface area contributed by atoms with Crippen molar-refractivity contribution in [1.29, 1.82) is 0 Å². The van der Waals surface area contributed by atoms with E-state index in [0.717, 1.165) is 54.6 Å². The third kappa shape index (κ3) is 4.27. The number of benzene rings is 1. The lowest BCUT2D eigenvalue weighted by Gasteiger charge is -2.26. The lowest BCUT2D eigenvalue weighted by molar-refractivity contribution is -0.122. The van der Waals surface area contributed by atoms with Crippen molar-refractivity contribution >= 4 is 28.4 Å². The summed E-state index contributed by atoms with van der Waals surface area (Å²) in [6, 6.07) is 8.16. The molecule has 1 fully saturated rings. The third-order valence-corrected chi connectivity index (χ3v) is 4.83. The van der Waals surface area contributed by atoms with Crippen molar-refractivity contribution < 1.29 is 9.90 Å². The predicted octanol–water partition coefficient (Wildman–Crippen LogP) is 3.49. The highest BCUT2D eigenvalue weighted by atomic mass is 35.5. The van der Waals surface area contributed by atoms with Crippen LogP contribution in [0, 0.1) is 0 Å². The van der Waals surface area contributed by atoms with Crippen LogP contribution in [0.25, 0.3) is 10.9 Å². The van der Waals surface area contributed by atoms with E-state index in [0.29, 0.717) is 6.42 Å². The molecule has 0 saturated heterocycles. The van der Waals surface area contributed by atoms with Gasteiger partial charge in [-0.3, -0.25) is 4.79 Å². The van der Waals surface area contributed by atoms with E-state index >= 15 is 0 Å². The van der Waals surface area contributed by atoms with Gasteiger partial charge in [0, 0.05) is 41.1 Å². The highest BCUT2D eigenvalue weighted by Gasteiger charge is 2.20. The maximum Gasteiger partial charge on any atom is 0.220 e. The fourth-order valence-corrected chi connectivity index (χ4v) is 3.48. The number of amides is 1. The van der Waals surface area contributed by atoms with E-state index in [4.69, 9.17) is 11.6 Å². The number of hydrogen-bond acceptors (Lipinski definition) is 2. The van der Waals surface area contributed by atoms with Crippen LogP contribution in [0.15, 0.2) is 30.5 Å². The first-order chi connectivity index (χ1) is 11.1. The molecular formula is C18H23ClN2O2. The SMILES string of the molecule is O=C(CCCn1ccc2cc(Cl)ccc21)NC1CCC(O)CC1. The molecule has 5 heteroatoms. The topological polar surface area (TPSA) is 54.3 Å². The summed E-state index contributed by atoms with van der Waals surface area (Å²) in [6.07, 6.45) is 6.57. The second kappa shape index (κ2) is 7.37. The van der Waals surface area contributed by atoms with Gasteiger partial charge in [-0.1, -0.05) is 11.6 Å². The number of aliphatic hydroxyl groups excluding tert-OH is 1. The minimum Gasteiger partial charge on any atom is -0.393 e. The molecule has 3 rings (SSSR count). The Hall–Kier alpha value is -1.52. The van der Waals surface area contributed by atoms with Gasteiger partial charge in [-0.15, -0.1) is 0 Å². The van der Waals surface area contributed by atoms with Crippen LogP contribution in [0.3, 0.4) is 0 Å². The Morgan fingerprint density at radius 2 is 2.04 bits per heavy atom. The minimum absolute atomic E-state index is 0.117. The van der Waals surface area contributed by atoms with Crippen molar-refractivity contribution in [2.24, 2.45) is 0 Å². The maximum atomic E-state index is 12.0. The molecule has 0 aliphatic heterocycles. The Morgan fingerprint density at radius 3 is 2.83 bits per heavy atom. The van der Waals surface area contributed by atoms with E-state index in [1.54, 1.807) is 0 Å². The number of hydrogen-bond donors (Lipinski definition) is 2. The summed E-state index contributed by atoms with van der Waals surface area (Å²) in [7, 11) is 0. The number of carbonyl (C=O) groups excluding carboxylic acids is 1. The van der Waals surface area contributed by atoms with Crippen LogP contribution in [0.5, 0.6) is 0 Å². The molecule has 0 unspecified atom stereocenters. The van der Waals surface area contributed by atoms with E-state index in [1.807, 2.05) is 24.4 Å². The molecule has 1 aliphatic rings. The smallest absolute Gasteiger partial charge is 0.220 e. The zero-order valence-corrected chi connectivity index (χ0v) is 13.9. The molecule has 2 aromatic rings. The molecule has 0 radical (unpaired) electrons. The van der Waals surface area contributed by atoms with Crippen molar-refractivity contribution in [3.63, 3.8) is 0 Å². The van der Waals surface area contributed by atoms with E-state index in [1.165, 1.54) is 0 Å². The van der Waals surface area contributed by atoms with Gasteiger partial charge in [-0.05, 0) is 56.4 Å². The third-order valence-electron chi connectivity index (χ3n) is 4.60. The van der Waals surface area contributed by atoms with Crippen molar-refractivity contribution in [2.45, 2.75) is 57.2 Å². The number of rotatable bonds is 5. The summed E-state index contributed by atoms with van der Waals surface area (Å²) in [5, 5.41) is 14.4. The van der Waals surface area contributed by atoms with Crippen molar-refractivity contribution in [3.05, 3.63) is 35.5 Å². The van der Waals surface area contributed by atoms with E-state index in [-0.39, 0.29) is 18.1 Å². The standard InChI is InChI=1S/C18H23ClN2O2/c19-14-3-8-17-13(12-14)9-11-21(17)10-1-2-18(23)20-15-4-6-16(22)7-5-15/h3,8-9,11-12,15-16,22H,1-2,4-7,10H2,(H,20,23). The molecule has 4 nitrogen and oxygen atoms in total. The number of nitrogens with zero attached hydrogens (tertiary/aromatic N) is 1. The number of fused-ring (bicyclic) bond motifs is 1. The second-order valence-corrected chi connectivity index (χ2v) is 6.83. The largest absolute Gasteiger partial charge is 0.393 e. The second-order valence-electron chi connectivity index (χ2n) is 6.39. The lowest BCUT2D eigenvalue weighted by atomic mass is 9.93. The molecule has 0 bridgehead atoms. The molecular weight excluding hydrogens is 312 g/mol. The monoisotopic (exact) mass is 334 g/mol. The number of aromatic nitrogens is 1.